The number of hydrogen-bond acceptors (Lipinski definition) is 6. The van der Waals surface area contributed by atoms with Crippen molar-refractivity contribution in [3.8, 4) is 21.9 Å². The number of halogens is 4. The maximum Gasteiger partial charge on any atom is 0.434 e. The van der Waals surface area contributed by atoms with E-state index in [1.54, 1.807) is 6.07 Å². The molecule has 0 atom stereocenters. The van der Waals surface area contributed by atoms with Crippen LogP contribution in [0.5, 0.6) is 11.5 Å². The van der Waals surface area contributed by atoms with E-state index in [1.165, 1.54) is 49.7 Å². The van der Waals surface area contributed by atoms with Gasteiger partial charge < -0.3 is 9.84 Å². The zero-order valence-corrected chi connectivity index (χ0v) is 15.9. The van der Waals surface area contributed by atoms with Crippen molar-refractivity contribution in [2.75, 3.05) is 12.5 Å². The zero-order chi connectivity index (χ0) is 20.3. The fourth-order valence-corrected chi connectivity index (χ4v) is 3.36. The van der Waals surface area contributed by atoms with E-state index in [4.69, 9.17) is 16.3 Å². The summed E-state index contributed by atoms with van der Waals surface area (Å²) in [7, 11) is 1.40. The molecule has 28 heavy (non-hydrogen) atoms. The molecule has 3 aromatic rings. The first-order chi connectivity index (χ1) is 13.3. The van der Waals surface area contributed by atoms with Crippen LogP contribution in [0.15, 0.2) is 47.6 Å². The number of rotatable bonds is 5. The molecule has 0 unspecified atom stereocenters. The molecule has 2 aromatic carbocycles. The van der Waals surface area contributed by atoms with E-state index in [2.05, 4.69) is 15.5 Å². The number of thiazole rings is 1. The topological polar surface area (TPSA) is 66.7 Å². The molecule has 0 saturated heterocycles. The SMILES string of the molecule is COc1cc(/C=N/Nc2nc(C(F)(F)F)c(-c3ccc(Cl)cc3)s2)ccc1O. The number of nitrogens with one attached hydrogen (secondary N) is 1. The van der Waals surface area contributed by atoms with Crippen LogP contribution in [-0.2, 0) is 6.18 Å². The minimum absolute atomic E-state index is 0.0146. The third kappa shape index (κ3) is 4.55. The van der Waals surface area contributed by atoms with Crippen molar-refractivity contribution < 1.29 is 23.0 Å². The number of ether oxygens (including phenoxy) is 1. The molecular weight excluding hydrogens is 415 g/mol. The van der Waals surface area contributed by atoms with Crippen LogP contribution in [0.4, 0.5) is 18.3 Å². The number of phenolic OH excluding ortho intramolecular Hbond substituents is 1. The molecule has 0 spiro atoms. The average Bonchev–Trinajstić information content (AvgIpc) is 3.08. The Hall–Kier alpha value is -2.78. The summed E-state index contributed by atoms with van der Waals surface area (Å²) in [5.74, 6) is 0.220. The highest BCUT2D eigenvalue weighted by Gasteiger charge is 2.38. The Morgan fingerprint density at radius 1 is 1.21 bits per heavy atom. The van der Waals surface area contributed by atoms with Crippen LogP contribution < -0.4 is 10.2 Å². The van der Waals surface area contributed by atoms with Gasteiger partial charge in [-0.15, -0.1) is 0 Å². The third-order valence-electron chi connectivity index (χ3n) is 3.58. The number of aromatic hydroxyl groups is 1. The van der Waals surface area contributed by atoms with E-state index in [0.29, 0.717) is 16.1 Å². The molecule has 2 N–H and O–H groups in total. The van der Waals surface area contributed by atoms with Gasteiger partial charge in [0.25, 0.3) is 0 Å². The Morgan fingerprint density at radius 3 is 2.57 bits per heavy atom. The number of benzene rings is 2. The average molecular weight is 428 g/mol. The van der Waals surface area contributed by atoms with Crippen LogP contribution in [-0.4, -0.2) is 23.4 Å². The summed E-state index contributed by atoms with van der Waals surface area (Å²) < 4.78 is 45.0. The second-order valence-electron chi connectivity index (χ2n) is 5.50. The van der Waals surface area contributed by atoms with Gasteiger partial charge in [0.15, 0.2) is 17.2 Å². The summed E-state index contributed by atoms with van der Waals surface area (Å²) in [6, 6.07) is 10.6. The molecule has 1 heterocycles. The van der Waals surface area contributed by atoms with Gasteiger partial charge >= 0.3 is 6.18 Å². The highest BCUT2D eigenvalue weighted by Crippen LogP contribution is 2.42. The van der Waals surface area contributed by atoms with Gasteiger partial charge in [-0.1, -0.05) is 35.1 Å². The van der Waals surface area contributed by atoms with Gasteiger partial charge in [-0.2, -0.15) is 18.3 Å². The van der Waals surface area contributed by atoms with Crippen molar-refractivity contribution in [1.29, 1.82) is 0 Å². The lowest BCUT2D eigenvalue weighted by Gasteiger charge is -2.05. The summed E-state index contributed by atoms with van der Waals surface area (Å²) in [6.45, 7) is 0. The Kier molecular flexibility index (Phi) is 5.76. The second kappa shape index (κ2) is 8.07. The first-order valence-electron chi connectivity index (χ1n) is 7.78. The molecule has 0 aliphatic carbocycles. The molecule has 0 aliphatic heterocycles. The van der Waals surface area contributed by atoms with Gasteiger partial charge in [-0.25, -0.2) is 4.98 Å². The minimum atomic E-state index is -4.61. The van der Waals surface area contributed by atoms with Gasteiger partial charge in [0.2, 0.25) is 5.13 Å². The molecular formula is C18H13ClF3N3O2S. The molecule has 0 aliphatic rings. The summed E-state index contributed by atoms with van der Waals surface area (Å²) in [5.41, 5.74) is 2.44. The molecule has 146 valence electrons. The van der Waals surface area contributed by atoms with Crippen molar-refractivity contribution in [1.82, 2.24) is 4.98 Å². The highest BCUT2D eigenvalue weighted by molar-refractivity contribution is 7.19. The summed E-state index contributed by atoms with van der Waals surface area (Å²) in [5, 5.41) is 13.9. The van der Waals surface area contributed by atoms with Gasteiger partial charge in [-0.05, 0) is 41.5 Å². The molecule has 3 rings (SSSR count). The smallest absolute Gasteiger partial charge is 0.434 e. The second-order valence-corrected chi connectivity index (χ2v) is 6.94. The predicted molar refractivity (Wildman–Crippen MR) is 103 cm³/mol. The van der Waals surface area contributed by atoms with Crippen LogP contribution in [0.2, 0.25) is 5.02 Å². The fraction of sp³-hybridized carbons (Fsp3) is 0.111. The summed E-state index contributed by atoms with van der Waals surface area (Å²) in [4.78, 5) is 3.60. The number of aromatic nitrogens is 1. The van der Waals surface area contributed by atoms with E-state index >= 15 is 0 Å². The number of methoxy groups -OCH3 is 1. The van der Waals surface area contributed by atoms with Crippen molar-refractivity contribution in [3.05, 3.63) is 58.7 Å². The molecule has 0 amide bonds. The lowest BCUT2D eigenvalue weighted by Crippen LogP contribution is -2.07. The van der Waals surface area contributed by atoms with Crippen LogP contribution in [0.3, 0.4) is 0 Å². The fourth-order valence-electron chi connectivity index (χ4n) is 2.29. The lowest BCUT2D eigenvalue weighted by atomic mass is 10.1. The molecule has 10 heteroatoms. The summed E-state index contributed by atoms with van der Waals surface area (Å²) >= 11 is 6.63. The Labute approximate surface area is 167 Å². The van der Waals surface area contributed by atoms with E-state index in [-0.39, 0.29) is 21.5 Å². The maximum absolute atomic E-state index is 13.3. The van der Waals surface area contributed by atoms with Gasteiger partial charge in [-0.3, -0.25) is 5.43 Å². The zero-order valence-electron chi connectivity index (χ0n) is 14.3. The molecule has 0 radical (unpaired) electrons. The minimum Gasteiger partial charge on any atom is -0.504 e. The quantitative estimate of drug-likeness (QED) is 0.408. The highest BCUT2D eigenvalue weighted by atomic mass is 35.5. The number of hydrogen-bond donors (Lipinski definition) is 2. The number of nitrogens with zero attached hydrogens (tertiary/aromatic N) is 2. The molecule has 5 nitrogen and oxygen atoms in total. The largest absolute Gasteiger partial charge is 0.504 e. The predicted octanol–water partition coefficient (Wildman–Crippen LogP) is 5.64. The van der Waals surface area contributed by atoms with E-state index in [0.717, 1.165) is 11.3 Å². The number of phenols is 1. The van der Waals surface area contributed by atoms with Crippen molar-refractivity contribution >= 4 is 34.3 Å². The number of alkyl halides is 3. The van der Waals surface area contributed by atoms with Crippen molar-refractivity contribution in [2.45, 2.75) is 6.18 Å². The number of anilines is 1. The Bertz CT molecular complexity index is 1000. The van der Waals surface area contributed by atoms with Crippen molar-refractivity contribution in [3.63, 3.8) is 0 Å². The van der Waals surface area contributed by atoms with E-state index in [9.17, 15) is 18.3 Å². The van der Waals surface area contributed by atoms with E-state index < -0.39 is 11.9 Å². The van der Waals surface area contributed by atoms with Crippen molar-refractivity contribution in [2.24, 2.45) is 5.10 Å². The third-order valence-corrected chi connectivity index (χ3v) is 4.84. The Balaban J connectivity index is 1.86. The van der Waals surface area contributed by atoms with Crippen LogP contribution >= 0.6 is 22.9 Å². The van der Waals surface area contributed by atoms with Gasteiger partial charge in [0, 0.05) is 5.02 Å². The normalized spacial score (nSPS) is 11.8. The maximum atomic E-state index is 13.3. The first kappa shape index (κ1) is 20.0. The lowest BCUT2D eigenvalue weighted by molar-refractivity contribution is -0.140. The van der Waals surface area contributed by atoms with Gasteiger partial charge in [0.1, 0.15) is 0 Å². The molecule has 0 saturated carbocycles. The van der Waals surface area contributed by atoms with Crippen LogP contribution in [0, 0.1) is 0 Å². The van der Waals surface area contributed by atoms with Crippen LogP contribution in [0.1, 0.15) is 11.3 Å². The van der Waals surface area contributed by atoms with Crippen LogP contribution in [0.25, 0.3) is 10.4 Å². The van der Waals surface area contributed by atoms with E-state index in [1.807, 2.05) is 0 Å². The molecule has 0 fully saturated rings. The van der Waals surface area contributed by atoms with Gasteiger partial charge in [0.05, 0.1) is 18.2 Å². The monoisotopic (exact) mass is 427 g/mol. The standard InChI is InChI=1S/C18H13ClF3N3O2S/c1-27-14-8-10(2-7-13(14)26)9-23-25-17-24-16(18(20,21)22)15(28-17)11-3-5-12(19)6-4-11/h2-9,26H,1H3,(H,24,25)/b23-9+. The molecule has 0 bridgehead atoms. The molecule has 1 aromatic heterocycles. The number of hydrazone groups is 1. The summed E-state index contributed by atoms with van der Waals surface area (Å²) in [6.07, 6.45) is -3.24. The Morgan fingerprint density at radius 2 is 1.93 bits per heavy atom. The first-order valence-corrected chi connectivity index (χ1v) is 8.97.